The van der Waals surface area contributed by atoms with Crippen molar-refractivity contribution in [3.8, 4) is 33.4 Å². The fourth-order valence-corrected chi connectivity index (χ4v) is 6.25. The van der Waals surface area contributed by atoms with Gasteiger partial charge in [-0.15, -0.1) is 0 Å². The van der Waals surface area contributed by atoms with E-state index in [4.69, 9.17) is 0 Å². The third-order valence-electron chi connectivity index (χ3n) is 8.17. The van der Waals surface area contributed by atoms with Gasteiger partial charge in [-0.1, -0.05) is 146 Å². The first-order valence-corrected chi connectivity index (χ1v) is 14.1. The summed E-state index contributed by atoms with van der Waals surface area (Å²) in [6.45, 7) is 6.08. The molecule has 0 radical (unpaired) electrons. The molecule has 0 aliphatic rings. The van der Waals surface area contributed by atoms with Crippen molar-refractivity contribution in [3.63, 3.8) is 0 Å². The molecule has 0 heteroatoms. The van der Waals surface area contributed by atoms with Crippen LogP contribution in [0.1, 0.15) is 11.1 Å². The molecule has 0 aromatic heterocycles. The van der Waals surface area contributed by atoms with E-state index in [0.717, 1.165) is 0 Å². The molecular weight excluding hydrogens is 492 g/mol. The Kier molecular flexibility index (Phi) is 6.30. The largest absolute Gasteiger partial charge is 0.0991 e. The zero-order chi connectivity index (χ0) is 27.8. The maximum atomic E-state index is 3.90. The molecule has 7 rings (SSSR count). The summed E-state index contributed by atoms with van der Waals surface area (Å²) in [5, 5.41) is 7.60. The van der Waals surface area contributed by atoms with Gasteiger partial charge in [0.1, 0.15) is 0 Å². The average molecular weight is 523 g/mol. The van der Waals surface area contributed by atoms with Gasteiger partial charge in [0, 0.05) is 0 Å². The number of rotatable bonds is 5. The molecule has 0 nitrogen and oxygen atoms in total. The van der Waals surface area contributed by atoms with Crippen LogP contribution < -0.4 is 0 Å². The van der Waals surface area contributed by atoms with Crippen LogP contribution in [0.3, 0.4) is 0 Å². The Balaban J connectivity index is 1.51. The Labute approximate surface area is 241 Å². The minimum atomic E-state index is 1.22. The highest BCUT2D eigenvalue weighted by Gasteiger charge is 2.16. The van der Waals surface area contributed by atoms with Crippen LogP contribution in [0.5, 0.6) is 0 Å². The fourth-order valence-electron chi connectivity index (χ4n) is 6.25. The van der Waals surface area contributed by atoms with Gasteiger partial charge in [-0.3, -0.25) is 0 Å². The molecule has 0 heterocycles. The third kappa shape index (κ3) is 4.35. The van der Waals surface area contributed by atoms with E-state index in [1.54, 1.807) is 0 Å². The quantitative estimate of drug-likeness (QED) is 0.156. The zero-order valence-electron chi connectivity index (χ0n) is 23.1. The van der Waals surface area contributed by atoms with Gasteiger partial charge in [-0.2, -0.15) is 0 Å². The standard InChI is InChI=1S/C41H30/c1-3-4-19-33-28(2)13-9-23-37(33)38-24-12-25-39-40(27-32-15-6-8-21-36(32)41(38)39)31-18-10-17-30(26-31)35-22-11-16-29-14-5-7-20-34(29)35/h3-27H,1H2,2H3/b19-4-. The highest BCUT2D eigenvalue weighted by atomic mass is 14.2. The van der Waals surface area contributed by atoms with Crippen LogP contribution >= 0.6 is 0 Å². The van der Waals surface area contributed by atoms with Crippen LogP contribution in [0.2, 0.25) is 0 Å². The first-order valence-electron chi connectivity index (χ1n) is 14.1. The summed E-state index contributed by atoms with van der Waals surface area (Å²) >= 11 is 0. The highest BCUT2D eigenvalue weighted by molar-refractivity contribution is 6.19. The van der Waals surface area contributed by atoms with Crippen LogP contribution in [-0.2, 0) is 0 Å². The summed E-state index contributed by atoms with van der Waals surface area (Å²) < 4.78 is 0. The zero-order valence-corrected chi connectivity index (χ0v) is 23.1. The summed E-state index contributed by atoms with van der Waals surface area (Å²) in [7, 11) is 0. The molecule has 0 aliphatic heterocycles. The first-order chi connectivity index (χ1) is 20.2. The lowest BCUT2D eigenvalue weighted by molar-refractivity contribution is 1.44. The van der Waals surface area contributed by atoms with E-state index in [2.05, 4.69) is 153 Å². The Morgan fingerprint density at radius 1 is 0.488 bits per heavy atom. The van der Waals surface area contributed by atoms with Gasteiger partial charge in [0.25, 0.3) is 0 Å². The van der Waals surface area contributed by atoms with Crippen LogP contribution in [0.15, 0.2) is 152 Å². The Bertz CT molecular complexity index is 2120. The van der Waals surface area contributed by atoms with Crippen molar-refractivity contribution in [2.24, 2.45) is 0 Å². The van der Waals surface area contributed by atoms with Crippen molar-refractivity contribution in [2.75, 3.05) is 0 Å². The summed E-state index contributed by atoms with van der Waals surface area (Å²) in [4.78, 5) is 0. The Hall–Kier alpha value is -5.20. The fraction of sp³-hybridized carbons (Fsp3) is 0.0244. The van der Waals surface area contributed by atoms with Crippen LogP contribution in [0, 0.1) is 6.92 Å². The monoisotopic (exact) mass is 522 g/mol. The van der Waals surface area contributed by atoms with E-state index in [0.29, 0.717) is 0 Å². The predicted molar refractivity (Wildman–Crippen MR) is 179 cm³/mol. The van der Waals surface area contributed by atoms with Crippen LogP contribution in [-0.4, -0.2) is 0 Å². The average Bonchev–Trinajstić information content (AvgIpc) is 3.03. The van der Waals surface area contributed by atoms with Gasteiger partial charge >= 0.3 is 0 Å². The lowest BCUT2D eigenvalue weighted by Crippen LogP contribution is -1.92. The molecule has 0 atom stereocenters. The summed E-state index contributed by atoms with van der Waals surface area (Å²) in [6, 6.07) is 48.7. The van der Waals surface area contributed by atoms with E-state index < -0.39 is 0 Å². The van der Waals surface area contributed by atoms with E-state index >= 15 is 0 Å². The molecule has 0 saturated heterocycles. The first kappa shape index (κ1) is 24.8. The van der Waals surface area contributed by atoms with Crippen molar-refractivity contribution in [1.29, 1.82) is 0 Å². The topological polar surface area (TPSA) is 0 Å². The van der Waals surface area contributed by atoms with E-state index in [1.807, 2.05) is 12.2 Å². The number of benzene rings is 7. The minimum Gasteiger partial charge on any atom is -0.0991 e. The second kappa shape index (κ2) is 10.4. The van der Waals surface area contributed by atoms with E-state index in [1.165, 1.54) is 76.8 Å². The second-order valence-corrected chi connectivity index (χ2v) is 10.6. The SMILES string of the molecule is C=C/C=C\c1c(C)cccc1-c1cccc2c(-c3cccc(-c4cccc5ccccc45)c3)cc3ccccc3c12. The van der Waals surface area contributed by atoms with Gasteiger partial charge in [-0.05, 0) is 95.9 Å². The van der Waals surface area contributed by atoms with Gasteiger partial charge in [0.2, 0.25) is 0 Å². The van der Waals surface area contributed by atoms with Crippen molar-refractivity contribution >= 4 is 38.4 Å². The molecule has 0 saturated carbocycles. The normalized spacial score (nSPS) is 11.5. The molecule has 7 aromatic carbocycles. The van der Waals surface area contributed by atoms with Gasteiger partial charge in [0.05, 0.1) is 0 Å². The predicted octanol–water partition coefficient (Wildman–Crippen LogP) is 11.7. The van der Waals surface area contributed by atoms with Crippen molar-refractivity contribution in [3.05, 3.63) is 163 Å². The van der Waals surface area contributed by atoms with Crippen LogP contribution in [0.4, 0.5) is 0 Å². The molecule has 0 fully saturated rings. The number of fused-ring (bicyclic) bond motifs is 4. The number of allylic oxidation sites excluding steroid dienone is 2. The highest BCUT2D eigenvalue weighted by Crippen LogP contribution is 2.42. The third-order valence-corrected chi connectivity index (χ3v) is 8.17. The van der Waals surface area contributed by atoms with Crippen molar-refractivity contribution in [2.45, 2.75) is 6.92 Å². The molecule has 0 N–H and O–H groups in total. The number of hydrogen-bond acceptors (Lipinski definition) is 0. The molecular formula is C41H30. The second-order valence-electron chi connectivity index (χ2n) is 10.6. The number of aryl methyl sites for hydroxylation is 1. The lowest BCUT2D eigenvalue weighted by atomic mass is 9.86. The maximum absolute atomic E-state index is 3.90. The van der Waals surface area contributed by atoms with Gasteiger partial charge in [0.15, 0.2) is 0 Å². The lowest BCUT2D eigenvalue weighted by Gasteiger charge is -2.17. The molecule has 0 unspecified atom stereocenters. The number of hydrogen-bond donors (Lipinski definition) is 0. The maximum Gasteiger partial charge on any atom is -0.00204 e. The van der Waals surface area contributed by atoms with Crippen molar-refractivity contribution in [1.82, 2.24) is 0 Å². The molecule has 7 aromatic rings. The summed E-state index contributed by atoms with van der Waals surface area (Å²) in [5.74, 6) is 0. The molecule has 194 valence electrons. The molecule has 0 spiro atoms. The van der Waals surface area contributed by atoms with Gasteiger partial charge < -0.3 is 0 Å². The molecule has 41 heavy (non-hydrogen) atoms. The van der Waals surface area contributed by atoms with Crippen molar-refractivity contribution < 1.29 is 0 Å². The summed E-state index contributed by atoms with van der Waals surface area (Å²) in [5.41, 5.74) is 9.92. The Morgan fingerprint density at radius 3 is 1.95 bits per heavy atom. The van der Waals surface area contributed by atoms with Gasteiger partial charge in [-0.25, -0.2) is 0 Å². The summed E-state index contributed by atoms with van der Waals surface area (Å²) in [6.07, 6.45) is 6.05. The molecule has 0 amide bonds. The van der Waals surface area contributed by atoms with E-state index in [9.17, 15) is 0 Å². The Morgan fingerprint density at radius 2 is 1.10 bits per heavy atom. The van der Waals surface area contributed by atoms with E-state index in [-0.39, 0.29) is 0 Å². The smallest absolute Gasteiger partial charge is 0.00204 e. The minimum absolute atomic E-state index is 1.22. The molecule has 0 bridgehead atoms. The van der Waals surface area contributed by atoms with Crippen LogP contribution in [0.25, 0.3) is 71.8 Å². The molecule has 0 aliphatic carbocycles.